The van der Waals surface area contributed by atoms with Crippen LogP contribution in [0.25, 0.3) is 5.69 Å². The summed E-state index contributed by atoms with van der Waals surface area (Å²) in [6.45, 7) is 4.65. The molecule has 1 aromatic heterocycles. The number of aliphatic carboxylic acids is 1. The van der Waals surface area contributed by atoms with E-state index in [1.807, 2.05) is 38.1 Å². The predicted molar refractivity (Wildman–Crippen MR) is 94.3 cm³/mol. The van der Waals surface area contributed by atoms with E-state index in [0.29, 0.717) is 12.2 Å². The van der Waals surface area contributed by atoms with Gasteiger partial charge in [-0.05, 0) is 30.2 Å². The molecule has 0 fully saturated rings. The molecule has 0 unspecified atom stereocenters. The maximum Gasteiger partial charge on any atom is 0.305 e. The molecule has 1 heterocycles. The maximum atomic E-state index is 12.7. The van der Waals surface area contributed by atoms with Gasteiger partial charge in [-0.2, -0.15) is 5.10 Å². The number of aromatic nitrogens is 2. The van der Waals surface area contributed by atoms with Crippen LogP contribution in [0, 0.1) is 5.92 Å². The van der Waals surface area contributed by atoms with Crippen LogP contribution in [0.5, 0.6) is 0 Å². The summed E-state index contributed by atoms with van der Waals surface area (Å²) in [6.07, 6.45) is 1.64. The van der Waals surface area contributed by atoms with Gasteiger partial charge in [0.1, 0.15) is 0 Å². The van der Waals surface area contributed by atoms with E-state index in [9.17, 15) is 9.59 Å². The molecule has 0 aliphatic carbocycles. The third kappa shape index (κ3) is 4.92. The summed E-state index contributed by atoms with van der Waals surface area (Å²) in [5, 5.41) is 13.2. The Labute approximate surface area is 149 Å². The molecule has 0 spiro atoms. The van der Waals surface area contributed by atoms with Crippen molar-refractivity contribution in [2.45, 2.75) is 20.3 Å². The molecule has 2 aromatic rings. The fraction of sp³-hybridized carbons (Fsp3) is 0.353. The van der Waals surface area contributed by atoms with E-state index in [1.54, 1.807) is 21.8 Å². The van der Waals surface area contributed by atoms with Crippen LogP contribution >= 0.6 is 15.9 Å². The molecule has 0 saturated heterocycles. The molecule has 0 radical (unpaired) electrons. The van der Waals surface area contributed by atoms with Gasteiger partial charge < -0.3 is 10.0 Å². The molecule has 1 amide bonds. The van der Waals surface area contributed by atoms with Crippen molar-refractivity contribution in [3.63, 3.8) is 0 Å². The first-order valence-electron chi connectivity index (χ1n) is 7.69. The van der Waals surface area contributed by atoms with E-state index >= 15 is 0 Å². The normalized spacial score (nSPS) is 10.8. The summed E-state index contributed by atoms with van der Waals surface area (Å²) >= 11 is 3.41. The number of rotatable bonds is 7. The van der Waals surface area contributed by atoms with Crippen LogP contribution in [-0.2, 0) is 4.79 Å². The molecule has 1 aromatic carbocycles. The van der Waals surface area contributed by atoms with E-state index in [2.05, 4.69) is 21.0 Å². The maximum absolute atomic E-state index is 12.7. The van der Waals surface area contributed by atoms with Crippen molar-refractivity contribution in [3.05, 3.63) is 46.7 Å². The Balaban J connectivity index is 2.19. The Bertz CT molecular complexity index is 727. The zero-order chi connectivity index (χ0) is 17.7. The van der Waals surface area contributed by atoms with Crippen LogP contribution in [0.4, 0.5) is 0 Å². The van der Waals surface area contributed by atoms with Gasteiger partial charge >= 0.3 is 5.97 Å². The van der Waals surface area contributed by atoms with Gasteiger partial charge in [0, 0.05) is 23.8 Å². The predicted octanol–water partition coefficient (Wildman–Crippen LogP) is 3.21. The van der Waals surface area contributed by atoms with Gasteiger partial charge in [0.2, 0.25) is 0 Å². The second-order valence-electron chi connectivity index (χ2n) is 5.91. The average molecular weight is 394 g/mol. The quantitative estimate of drug-likeness (QED) is 0.783. The molecule has 1 N–H and O–H groups in total. The third-order valence-electron chi connectivity index (χ3n) is 3.35. The molecule has 0 saturated carbocycles. The molecule has 2 rings (SSSR count). The topological polar surface area (TPSA) is 75.4 Å². The minimum Gasteiger partial charge on any atom is -0.481 e. The summed E-state index contributed by atoms with van der Waals surface area (Å²) in [4.78, 5) is 25.0. The van der Waals surface area contributed by atoms with Crippen molar-refractivity contribution >= 4 is 27.8 Å². The Morgan fingerprint density at radius 1 is 1.33 bits per heavy atom. The Kier molecular flexibility index (Phi) is 6.14. The second kappa shape index (κ2) is 8.10. The van der Waals surface area contributed by atoms with E-state index in [-0.39, 0.29) is 24.8 Å². The molecule has 6 nitrogen and oxygen atoms in total. The van der Waals surface area contributed by atoms with E-state index in [4.69, 9.17) is 5.11 Å². The third-order valence-corrected chi connectivity index (χ3v) is 3.84. The highest BCUT2D eigenvalue weighted by Crippen LogP contribution is 2.16. The van der Waals surface area contributed by atoms with Crippen molar-refractivity contribution in [3.8, 4) is 5.69 Å². The standard InChI is InChI=1S/C17H20BrN3O3/c1-12(2)11-20(8-7-16(22)23)17(24)15-6-9-21(19-15)14-5-3-4-13(18)10-14/h3-6,9-10,12H,7-8,11H2,1-2H3,(H,22,23). The summed E-state index contributed by atoms with van der Waals surface area (Å²) in [7, 11) is 0. The van der Waals surface area contributed by atoms with Crippen LogP contribution in [0.3, 0.4) is 0 Å². The molecule has 0 aliphatic heterocycles. The molecule has 24 heavy (non-hydrogen) atoms. The monoisotopic (exact) mass is 393 g/mol. The van der Waals surface area contributed by atoms with Crippen LogP contribution in [0.1, 0.15) is 30.8 Å². The van der Waals surface area contributed by atoms with Crippen molar-refractivity contribution in [1.29, 1.82) is 0 Å². The lowest BCUT2D eigenvalue weighted by Crippen LogP contribution is -2.36. The highest BCUT2D eigenvalue weighted by molar-refractivity contribution is 9.10. The van der Waals surface area contributed by atoms with Gasteiger partial charge in [-0.25, -0.2) is 4.68 Å². The number of amides is 1. The number of benzene rings is 1. The fourth-order valence-electron chi connectivity index (χ4n) is 2.31. The summed E-state index contributed by atoms with van der Waals surface area (Å²) in [5.41, 5.74) is 1.14. The highest BCUT2D eigenvalue weighted by atomic mass is 79.9. The van der Waals surface area contributed by atoms with Crippen LogP contribution in [-0.4, -0.2) is 44.8 Å². The summed E-state index contributed by atoms with van der Waals surface area (Å²) in [5.74, 6) is -0.926. The SMILES string of the molecule is CC(C)CN(CCC(=O)O)C(=O)c1ccn(-c2cccc(Br)c2)n1. The summed E-state index contributed by atoms with van der Waals surface area (Å²) < 4.78 is 2.55. The Morgan fingerprint density at radius 2 is 2.08 bits per heavy atom. The molecular formula is C17H20BrN3O3. The first kappa shape index (κ1) is 18.2. The van der Waals surface area contributed by atoms with Crippen molar-refractivity contribution in [1.82, 2.24) is 14.7 Å². The van der Waals surface area contributed by atoms with Gasteiger partial charge in [0.25, 0.3) is 5.91 Å². The smallest absolute Gasteiger partial charge is 0.305 e. The van der Waals surface area contributed by atoms with Crippen molar-refractivity contribution < 1.29 is 14.7 Å². The van der Waals surface area contributed by atoms with Crippen molar-refractivity contribution in [2.24, 2.45) is 5.92 Å². The zero-order valence-corrected chi connectivity index (χ0v) is 15.2. The molecule has 0 atom stereocenters. The molecule has 7 heteroatoms. The molecule has 0 bridgehead atoms. The Hall–Kier alpha value is -2.15. The number of hydrogen-bond donors (Lipinski definition) is 1. The minimum absolute atomic E-state index is 0.0786. The number of carbonyl (C=O) groups excluding carboxylic acids is 1. The van der Waals surface area contributed by atoms with Crippen LogP contribution in [0.2, 0.25) is 0 Å². The van der Waals surface area contributed by atoms with Gasteiger partial charge in [-0.3, -0.25) is 9.59 Å². The molecule has 128 valence electrons. The van der Waals surface area contributed by atoms with Crippen LogP contribution in [0.15, 0.2) is 41.0 Å². The van der Waals surface area contributed by atoms with E-state index in [0.717, 1.165) is 10.2 Å². The Morgan fingerprint density at radius 3 is 2.71 bits per heavy atom. The van der Waals surface area contributed by atoms with E-state index in [1.165, 1.54) is 0 Å². The first-order chi connectivity index (χ1) is 11.4. The van der Waals surface area contributed by atoms with E-state index < -0.39 is 5.97 Å². The zero-order valence-electron chi connectivity index (χ0n) is 13.6. The fourth-order valence-corrected chi connectivity index (χ4v) is 2.70. The number of hydrogen-bond acceptors (Lipinski definition) is 3. The van der Waals surface area contributed by atoms with Crippen molar-refractivity contribution in [2.75, 3.05) is 13.1 Å². The van der Waals surface area contributed by atoms with Gasteiger partial charge in [-0.1, -0.05) is 35.8 Å². The van der Waals surface area contributed by atoms with Crippen LogP contribution < -0.4 is 0 Å². The summed E-state index contributed by atoms with van der Waals surface area (Å²) in [6, 6.07) is 9.24. The lowest BCUT2D eigenvalue weighted by molar-refractivity contribution is -0.137. The highest BCUT2D eigenvalue weighted by Gasteiger charge is 2.20. The van der Waals surface area contributed by atoms with Gasteiger partial charge in [0.05, 0.1) is 12.1 Å². The molecule has 0 aliphatic rings. The lowest BCUT2D eigenvalue weighted by Gasteiger charge is -2.23. The van der Waals surface area contributed by atoms with Gasteiger partial charge in [-0.15, -0.1) is 0 Å². The minimum atomic E-state index is -0.920. The second-order valence-corrected chi connectivity index (χ2v) is 6.83. The number of nitrogens with zero attached hydrogens (tertiary/aromatic N) is 3. The first-order valence-corrected chi connectivity index (χ1v) is 8.49. The number of carboxylic acids is 1. The number of carboxylic acid groups (broad SMARTS) is 1. The number of halogens is 1. The molecular weight excluding hydrogens is 374 g/mol. The largest absolute Gasteiger partial charge is 0.481 e. The lowest BCUT2D eigenvalue weighted by atomic mass is 10.2. The van der Waals surface area contributed by atoms with Gasteiger partial charge in [0.15, 0.2) is 5.69 Å². The number of carbonyl (C=O) groups is 2. The average Bonchev–Trinajstić information content (AvgIpc) is 3.00.